The van der Waals surface area contributed by atoms with Gasteiger partial charge in [0, 0.05) is 43.5 Å². The van der Waals surface area contributed by atoms with Crippen LogP contribution < -0.4 is 4.74 Å². The first kappa shape index (κ1) is 20.0. The molecule has 0 bridgehead atoms. The first-order chi connectivity index (χ1) is 15.0. The third-order valence-electron chi connectivity index (χ3n) is 6.28. The molecule has 2 fully saturated rings. The number of aromatic nitrogens is 2. The maximum Gasteiger partial charge on any atom is 0.253 e. The number of benzene rings is 1. The Balaban J connectivity index is 1.25. The van der Waals surface area contributed by atoms with Crippen molar-refractivity contribution < 1.29 is 19.7 Å². The number of ether oxygens (including phenoxy) is 1. The number of methoxy groups -OCH3 is 1. The molecular formula is C23H26N4O4. The predicted octanol–water partition coefficient (Wildman–Crippen LogP) is 1.61. The molecule has 1 aliphatic carbocycles. The first-order valence-electron chi connectivity index (χ1n) is 10.5. The van der Waals surface area contributed by atoms with Crippen molar-refractivity contribution in [1.82, 2.24) is 19.2 Å². The second-order valence-electron chi connectivity index (χ2n) is 8.34. The van der Waals surface area contributed by atoms with Crippen molar-refractivity contribution in [1.29, 1.82) is 0 Å². The Bertz CT molecular complexity index is 1100. The molecule has 1 atom stereocenters. The summed E-state index contributed by atoms with van der Waals surface area (Å²) in [6.07, 6.45) is 4.25. The van der Waals surface area contributed by atoms with Gasteiger partial charge < -0.3 is 24.3 Å². The standard InChI is InChI=1S/C23H26N4O4/c1-31-18-6-7-20-24-19(15-27(20)14-18)16-2-4-17(5-3-16)21(28)25-10-12-26(13-11-25)22(29)23(30)8-9-23/h2-7,14-15,22,29-30H,8-13H2,1H3. The molecule has 0 spiro atoms. The second kappa shape index (κ2) is 7.64. The molecule has 1 saturated heterocycles. The number of aliphatic hydroxyl groups is 2. The van der Waals surface area contributed by atoms with Crippen LogP contribution >= 0.6 is 0 Å². The highest BCUT2D eigenvalue weighted by Crippen LogP contribution is 2.39. The van der Waals surface area contributed by atoms with Crippen molar-refractivity contribution in [2.45, 2.75) is 24.7 Å². The van der Waals surface area contributed by atoms with Crippen LogP contribution in [0.1, 0.15) is 23.2 Å². The number of pyridine rings is 1. The van der Waals surface area contributed by atoms with E-state index in [2.05, 4.69) is 4.98 Å². The molecule has 8 heteroatoms. The highest BCUT2D eigenvalue weighted by atomic mass is 16.5. The molecule has 2 aromatic heterocycles. The normalized spacial score (nSPS) is 19.4. The number of fused-ring (bicyclic) bond motifs is 1. The molecule has 1 saturated carbocycles. The number of carbonyl (C=O) groups excluding carboxylic acids is 1. The van der Waals surface area contributed by atoms with E-state index >= 15 is 0 Å². The Kier molecular flexibility index (Phi) is 4.92. The van der Waals surface area contributed by atoms with E-state index in [4.69, 9.17) is 4.74 Å². The van der Waals surface area contributed by atoms with Gasteiger partial charge in [-0.3, -0.25) is 9.69 Å². The fourth-order valence-electron chi connectivity index (χ4n) is 4.09. The predicted molar refractivity (Wildman–Crippen MR) is 115 cm³/mol. The lowest BCUT2D eigenvalue weighted by atomic mass is 10.1. The zero-order valence-electron chi connectivity index (χ0n) is 17.4. The number of rotatable bonds is 5. The zero-order valence-corrected chi connectivity index (χ0v) is 17.4. The lowest BCUT2D eigenvalue weighted by Crippen LogP contribution is -2.55. The molecule has 31 heavy (non-hydrogen) atoms. The van der Waals surface area contributed by atoms with Crippen LogP contribution in [0.15, 0.2) is 48.8 Å². The molecule has 8 nitrogen and oxygen atoms in total. The Morgan fingerprint density at radius 2 is 1.77 bits per heavy atom. The van der Waals surface area contributed by atoms with Crippen molar-refractivity contribution in [2.24, 2.45) is 0 Å². The Hall–Kier alpha value is -2.94. The highest BCUT2D eigenvalue weighted by Gasteiger charge is 2.50. The molecule has 3 aromatic rings. The van der Waals surface area contributed by atoms with Crippen LogP contribution in [0.4, 0.5) is 0 Å². The van der Waals surface area contributed by atoms with Crippen LogP contribution in [-0.4, -0.2) is 80.4 Å². The molecule has 162 valence electrons. The van der Waals surface area contributed by atoms with Gasteiger partial charge in [-0.25, -0.2) is 4.98 Å². The molecule has 2 aliphatic rings. The average molecular weight is 422 g/mol. The van der Waals surface area contributed by atoms with Gasteiger partial charge >= 0.3 is 0 Å². The molecule has 2 N–H and O–H groups in total. The fraction of sp³-hybridized carbons (Fsp3) is 0.391. The number of hydrogen-bond donors (Lipinski definition) is 2. The van der Waals surface area contributed by atoms with Crippen molar-refractivity contribution in [3.8, 4) is 17.0 Å². The summed E-state index contributed by atoms with van der Waals surface area (Å²) in [5.74, 6) is 0.738. The fourth-order valence-corrected chi connectivity index (χ4v) is 4.09. The van der Waals surface area contributed by atoms with Gasteiger partial charge in [0.15, 0.2) is 0 Å². The minimum Gasteiger partial charge on any atom is -0.495 e. The van der Waals surface area contributed by atoms with Crippen molar-refractivity contribution >= 4 is 11.6 Å². The van der Waals surface area contributed by atoms with E-state index in [1.54, 1.807) is 12.0 Å². The van der Waals surface area contributed by atoms with Crippen LogP contribution in [0, 0.1) is 0 Å². The summed E-state index contributed by atoms with van der Waals surface area (Å²) in [5, 5.41) is 20.4. The van der Waals surface area contributed by atoms with Crippen LogP contribution in [0.2, 0.25) is 0 Å². The zero-order chi connectivity index (χ0) is 21.6. The lowest BCUT2D eigenvalue weighted by molar-refractivity contribution is -0.108. The topological polar surface area (TPSA) is 90.5 Å². The molecule has 5 rings (SSSR count). The summed E-state index contributed by atoms with van der Waals surface area (Å²) in [5.41, 5.74) is 2.26. The number of carbonyl (C=O) groups is 1. The molecule has 1 unspecified atom stereocenters. The van der Waals surface area contributed by atoms with Gasteiger partial charge in [-0.15, -0.1) is 0 Å². The Labute approximate surface area is 180 Å². The second-order valence-corrected chi connectivity index (χ2v) is 8.34. The van der Waals surface area contributed by atoms with E-state index in [1.807, 2.05) is 58.1 Å². The smallest absolute Gasteiger partial charge is 0.253 e. The summed E-state index contributed by atoms with van der Waals surface area (Å²) in [7, 11) is 1.63. The van der Waals surface area contributed by atoms with Gasteiger partial charge in [-0.1, -0.05) is 12.1 Å². The van der Waals surface area contributed by atoms with Gasteiger partial charge in [-0.05, 0) is 37.1 Å². The van der Waals surface area contributed by atoms with Gasteiger partial charge in [0.05, 0.1) is 19.0 Å². The van der Waals surface area contributed by atoms with Crippen molar-refractivity contribution in [3.05, 3.63) is 54.4 Å². The van der Waals surface area contributed by atoms with Crippen molar-refractivity contribution in [2.75, 3.05) is 33.3 Å². The third kappa shape index (κ3) is 3.78. The maximum atomic E-state index is 12.9. The van der Waals surface area contributed by atoms with E-state index in [0.29, 0.717) is 44.6 Å². The summed E-state index contributed by atoms with van der Waals surface area (Å²) >= 11 is 0. The van der Waals surface area contributed by atoms with E-state index in [1.165, 1.54) is 0 Å². The quantitative estimate of drug-likeness (QED) is 0.649. The molecular weight excluding hydrogens is 396 g/mol. The van der Waals surface area contributed by atoms with Gasteiger partial charge in [0.25, 0.3) is 5.91 Å². The van der Waals surface area contributed by atoms with Crippen LogP contribution in [0.5, 0.6) is 5.75 Å². The number of imidazole rings is 1. The Morgan fingerprint density at radius 3 is 2.42 bits per heavy atom. The van der Waals surface area contributed by atoms with E-state index in [-0.39, 0.29) is 5.91 Å². The van der Waals surface area contributed by atoms with Gasteiger partial charge in [-0.2, -0.15) is 0 Å². The minimum atomic E-state index is -0.953. The summed E-state index contributed by atoms with van der Waals surface area (Å²) in [4.78, 5) is 21.2. The number of amides is 1. The molecule has 1 aromatic carbocycles. The maximum absolute atomic E-state index is 12.9. The van der Waals surface area contributed by atoms with E-state index < -0.39 is 11.8 Å². The monoisotopic (exact) mass is 422 g/mol. The van der Waals surface area contributed by atoms with E-state index in [0.717, 1.165) is 22.7 Å². The largest absolute Gasteiger partial charge is 0.495 e. The van der Waals surface area contributed by atoms with Crippen molar-refractivity contribution in [3.63, 3.8) is 0 Å². The number of nitrogens with zero attached hydrogens (tertiary/aromatic N) is 4. The average Bonchev–Trinajstić information content (AvgIpc) is 3.42. The van der Waals surface area contributed by atoms with Crippen LogP contribution in [0.25, 0.3) is 16.9 Å². The first-order valence-corrected chi connectivity index (χ1v) is 10.5. The van der Waals surface area contributed by atoms with Crippen LogP contribution in [0.3, 0.4) is 0 Å². The van der Waals surface area contributed by atoms with Gasteiger partial charge in [0.1, 0.15) is 23.2 Å². The molecule has 1 amide bonds. The number of piperazine rings is 1. The molecule has 1 aliphatic heterocycles. The lowest BCUT2D eigenvalue weighted by Gasteiger charge is -2.38. The number of hydrogen-bond acceptors (Lipinski definition) is 6. The SMILES string of the molecule is COc1ccc2nc(-c3ccc(C(=O)N4CCN(C(O)C5(O)CC5)CC4)cc3)cn2c1. The highest BCUT2D eigenvalue weighted by molar-refractivity contribution is 5.94. The Morgan fingerprint density at radius 1 is 1.06 bits per heavy atom. The number of aliphatic hydroxyl groups excluding tert-OH is 1. The van der Waals surface area contributed by atoms with Gasteiger partial charge in [0.2, 0.25) is 0 Å². The molecule has 3 heterocycles. The molecule has 0 radical (unpaired) electrons. The third-order valence-corrected chi connectivity index (χ3v) is 6.28. The summed E-state index contributed by atoms with van der Waals surface area (Å²) in [6.45, 7) is 2.17. The minimum absolute atomic E-state index is 0.0226. The van der Waals surface area contributed by atoms with E-state index in [9.17, 15) is 15.0 Å². The van der Waals surface area contributed by atoms with Crippen LogP contribution in [-0.2, 0) is 0 Å². The summed E-state index contributed by atoms with van der Waals surface area (Å²) in [6, 6.07) is 11.3. The summed E-state index contributed by atoms with van der Waals surface area (Å²) < 4.78 is 7.17.